The highest BCUT2D eigenvalue weighted by Gasteiger charge is 2.25. The predicted octanol–water partition coefficient (Wildman–Crippen LogP) is 1.49. The number of ether oxygens (including phenoxy) is 1. The predicted molar refractivity (Wildman–Crippen MR) is 46.7 cm³/mol. The average molecular weight is 179 g/mol. The molecular weight excluding hydrogens is 168 g/mol. The van der Waals surface area contributed by atoms with Gasteiger partial charge >= 0.3 is 5.97 Å². The summed E-state index contributed by atoms with van der Waals surface area (Å²) in [6.07, 6.45) is 0.273. The number of rotatable bonds is 0. The third-order valence-electron chi connectivity index (χ3n) is 2.06. The topological polar surface area (TPSA) is 46.5 Å². The molecule has 0 spiro atoms. The second-order valence-electron chi connectivity index (χ2n) is 3.14. The molecule has 3 nitrogen and oxygen atoms in total. The first-order chi connectivity index (χ1) is 6.59. The molecule has 1 aromatic carbocycles. The van der Waals surface area contributed by atoms with E-state index in [4.69, 9.17) is 6.11 Å². The van der Waals surface area contributed by atoms with E-state index in [0.717, 1.165) is 0 Å². The molecule has 0 bridgehead atoms. The Kier molecular flexibility index (Phi) is 1.48. The number of carbonyl (C=O) groups excluding carboxylic acids is 1. The number of cyclic esters (lactones) is 1. The molecule has 1 heterocycles. The van der Waals surface area contributed by atoms with Crippen molar-refractivity contribution in [2.75, 3.05) is 0 Å². The Morgan fingerprint density at radius 2 is 2.54 bits per heavy atom. The van der Waals surface area contributed by atoms with Crippen LogP contribution in [0.5, 0.6) is 5.75 Å². The van der Waals surface area contributed by atoms with Crippen LogP contribution in [-0.4, -0.2) is 17.2 Å². The van der Waals surface area contributed by atoms with Crippen LogP contribution in [0.2, 0.25) is 0 Å². The van der Waals surface area contributed by atoms with Gasteiger partial charge in [-0.3, -0.25) is 0 Å². The van der Waals surface area contributed by atoms with Gasteiger partial charge in [-0.1, -0.05) is 12.1 Å². The Labute approximate surface area is 77.4 Å². The largest absolute Gasteiger partial charge is 0.507 e. The number of benzene rings is 1. The van der Waals surface area contributed by atoms with Gasteiger partial charge < -0.3 is 9.84 Å². The van der Waals surface area contributed by atoms with Crippen molar-refractivity contribution in [3.8, 4) is 5.75 Å². The number of aromatic hydroxyl groups is 1. The zero-order valence-corrected chi connectivity index (χ0v) is 7.20. The number of phenols is 1. The van der Waals surface area contributed by atoms with Gasteiger partial charge in [0.15, 0.2) is 0 Å². The summed E-state index contributed by atoms with van der Waals surface area (Å²) in [7, 11) is 0. The van der Waals surface area contributed by atoms with Gasteiger partial charge in [0.2, 0.25) is 0 Å². The molecule has 1 N–H and O–H groups in total. The minimum absolute atomic E-state index is 0.104. The van der Waals surface area contributed by atoms with Gasteiger partial charge in [0.25, 0.3) is 0 Å². The highest BCUT2D eigenvalue weighted by Crippen LogP contribution is 2.27. The Balaban J connectivity index is 2.63. The fourth-order valence-electron chi connectivity index (χ4n) is 1.49. The fraction of sp³-hybridized carbons (Fsp3) is 0.300. The van der Waals surface area contributed by atoms with Crippen molar-refractivity contribution >= 4 is 5.97 Å². The van der Waals surface area contributed by atoms with Crippen molar-refractivity contribution in [3.63, 3.8) is 0 Å². The second kappa shape index (κ2) is 2.76. The van der Waals surface area contributed by atoms with Gasteiger partial charge in [-0.05, 0) is 18.6 Å². The van der Waals surface area contributed by atoms with E-state index in [1.165, 1.54) is 12.1 Å². The third-order valence-corrected chi connectivity index (χ3v) is 2.06. The smallest absolute Gasteiger partial charge is 0.342 e. The maximum absolute atomic E-state index is 11.4. The molecule has 0 aromatic heterocycles. The molecule has 68 valence electrons. The van der Waals surface area contributed by atoms with E-state index in [0.29, 0.717) is 12.0 Å². The number of phenolic OH excluding ortho intramolecular Hbond substituents is 1. The molecule has 1 aliphatic heterocycles. The van der Waals surface area contributed by atoms with Crippen LogP contribution in [0.4, 0.5) is 0 Å². The van der Waals surface area contributed by atoms with Crippen LogP contribution >= 0.6 is 0 Å². The number of esters is 1. The highest BCUT2D eigenvalue weighted by atomic mass is 16.5. The van der Waals surface area contributed by atoms with Crippen molar-refractivity contribution < 1.29 is 16.0 Å². The molecule has 0 saturated carbocycles. The first kappa shape index (κ1) is 6.95. The standard InChI is InChI=1S/C10H10O3/c1-6-5-7-3-2-4-8(11)9(7)10(12)13-6/h2-4,6,11H,5H2,1H3/t6-/m0/s1/i3D. The van der Waals surface area contributed by atoms with Crippen LogP contribution in [0.25, 0.3) is 0 Å². The van der Waals surface area contributed by atoms with Crippen molar-refractivity contribution in [2.45, 2.75) is 19.4 Å². The SMILES string of the molecule is [2H]c1ccc(O)c2c1C[C@H](C)OC2=O. The molecule has 1 aromatic rings. The lowest BCUT2D eigenvalue weighted by Gasteiger charge is -2.21. The molecule has 3 heteroatoms. The molecule has 0 unspecified atom stereocenters. The van der Waals surface area contributed by atoms with Gasteiger partial charge in [-0.2, -0.15) is 0 Å². The highest BCUT2D eigenvalue weighted by molar-refractivity contribution is 5.95. The minimum Gasteiger partial charge on any atom is -0.507 e. The molecule has 0 fully saturated rings. The monoisotopic (exact) mass is 179 g/mol. The Morgan fingerprint density at radius 3 is 3.31 bits per heavy atom. The van der Waals surface area contributed by atoms with Crippen LogP contribution < -0.4 is 0 Å². The van der Waals surface area contributed by atoms with Crippen molar-refractivity contribution in [2.24, 2.45) is 0 Å². The summed E-state index contributed by atoms with van der Waals surface area (Å²) >= 11 is 0. The molecule has 2 rings (SSSR count). The van der Waals surface area contributed by atoms with Gasteiger partial charge in [0.1, 0.15) is 17.4 Å². The molecule has 0 saturated heterocycles. The Bertz CT molecular complexity index is 401. The van der Waals surface area contributed by atoms with Gasteiger partial charge in [0, 0.05) is 6.42 Å². The van der Waals surface area contributed by atoms with Crippen LogP contribution in [0.15, 0.2) is 18.2 Å². The fourth-order valence-corrected chi connectivity index (χ4v) is 1.49. The van der Waals surface area contributed by atoms with E-state index in [-0.39, 0.29) is 23.5 Å². The normalized spacial score (nSPS) is 21.8. The van der Waals surface area contributed by atoms with Gasteiger partial charge in [-0.15, -0.1) is 0 Å². The summed E-state index contributed by atoms with van der Waals surface area (Å²) in [5.74, 6) is -0.641. The first-order valence-electron chi connectivity index (χ1n) is 4.62. The second-order valence-corrected chi connectivity index (χ2v) is 3.14. The number of hydrogen-bond acceptors (Lipinski definition) is 3. The zero-order chi connectivity index (χ0) is 10.3. The average Bonchev–Trinajstić information content (AvgIpc) is 2.10. The molecule has 0 amide bonds. The van der Waals surface area contributed by atoms with Crippen molar-refractivity contribution in [3.05, 3.63) is 29.3 Å². The third kappa shape index (κ3) is 1.26. The van der Waals surface area contributed by atoms with E-state index in [9.17, 15) is 9.90 Å². The van der Waals surface area contributed by atoms with Crippen LogP contribution in [0.1, 0.15) is 24.2 Å². The van der Waals surface area contributed by atoms with Crippen molar-refractivity contribution in [1.82, 2.24) is 0 Å². The first-order valence-corrected chi connectivity index (χ1v) is 4.12. The lowest BCUT2D eigenvalue weighted by atomic mass is 9.98. The summed E-state index contributed by atoms with van der Waals surface area (Å²) in [5.41, 5.74) is 0.726. The van der Waals surface area contributed by atoms with E-state index in [2.05, 4.69) is 0 Å². The lowest BCUT2D eigenvalue weighted by Crippen LogP contribution is -2.24. The minimum atomic E-state index is -0.537. The molecule has 1 aliphatic rings. The molecule has 13 heavy (non-hydrogen) atoms. The summed E-state index contributed by atoms with van der Waals surface area (Å²) < 4.78 is 12.6. The number of carbonyl (C=O) groups is 1. The molecule has 0 aliphatic carbocycles. The van der Waals surface area contributed by atoms with E-state index >= 15 is 0 Å². The summed E-state index contributed by atoms with van der Waals surface area (Å²) in [4.78, 5) is 11.4. The molecule has 0 radical (unpaired) electrons. The molecule has 1 atom stereocenters. The Morgan fingerprint density at radius 1 is 1.77 bits per heavy atom. The van der Waals surface area contributed by atoms with E-state index in [1.807, 2.05) is 0 Å². The van der Waals surface area contributed by atoms with E-state index < -0.39 is 5.97 Å². The zero-order valence-electron chi connectivity index (χ0n) is 8.20. The lowest BCUT2D eigenvalue weighted by molar-refractivity contribution is 0.0297. The van der Waals surface area contributed by atoms with Crippen LogP contribution in [-0.2, 0) is 11.2 Å². The van der Waals surface area contributed by atoms with E-state index in [1.54, 1.807) is 6.92 Å². The Hall–Kier alpha value is -1.51. The van der Waals surface area contributed by atoms with Crippen molar-refractivity contribution in [1.29, 1.82) is 0 Å². The number of hydrogen-bond donors (Lipinski definition) is 1. The molecular formula is C10H10O3. The summed E-state index contributed by atoms with van der Waals surface area (Å²) in [6, 6.07) is 3.11. The maximum Gasteiger partial charge on any atom is 0.342 e. The van der Waals surface area contributed by atoms with Crippen LogP contribution in [0.3, 0.4) is 0 Å². The maximum atomic E-state index is 11.4. The summed E-state index contributed by atoms with van der Waals surface area (Å²) in [6.45, 7) is 1.77. The van der Waals surface area contributed by atoms with Crippen LogP contribution in [0, 0.1) is 0 Å². The number of fused-ring (bicyclic) bond motifs is 1. The summed E-state index contributed by atoms with van der Waals surface area (Å²) in [5, 5.41) is 9.45. The van der Waals surface area contributed by atoms with Gasteiger partial charge in [0.05, 0.1) is 1.37 Å². The quantitative estimate of drug-likeness (QED) is 0.614. The van der Waals surface area contributed by atoms with Gasteiger partial charge in [-0.25, -0.2) is 4.79 Å².